The number of likely N-dealkylation sites (tertiary alicyclic amines) is 1. The molecule has 20 heavy (non-hydrogen) atoms. The van der Waals surface area contributed by atoms with Crippen LogP contribution >= 0.6 is 0 Å². The molecule has 0 aromatic heterocycles. The predicted octanol–water partition coefficient (Wildman–Crippen LogP) is 2.57. The average molecular weight is 272 g/mol. The predicted molar refractivity (Wildman–Crippen MR) is 78.4 cm³/mol. The fourth-order valence-corrected chi connectivity index (χ4v) is 3.16. The Labute approximate surface area is 119 Å². The maximum atomic E-state index is 11.7. The van der Waals surface area contributed by atoms with Gasteiger partial charge >= 0.3 is 6.09 Å². The van der Waals surface area contributed by atoms with Crippen molar-refractivity contribution < 1.29 is 9.53 Å². The van der Waals surface area contributed by atoms with Crippen LogP contribution in [0.15, 0.2) is 30.3 Å². The monoisotopic (exact) mass is 272 g/mol. The second-order valence-electron chi connectivity index (χ2n) is 5.34. The van der Waals surface area contributed by atoms with Crippen LogP contribution in [-0.2, 0) is 4.74 Å². The largest absolute Gasteiger partial charge is 0.453 e. The summed E-state index contributed by atoms with van der Waals surface area (Å²) in [7, 11) is 1.41. The van der Waals surface area contributed by atoms with Gasteiger partial charge in [0.2, 0.25) is 0 Å². The van der Waals surface area contributed by atoms with Crippen molar-refractivity contribution in [3.05, 3.63) is 41.5 Å². The van der Waals surface area contributed by atoms with E-state index >= 15 is 0 Å². The van der Waals surface area contributed by atoms with Crippen LogP contribution in [-0.4, -0.2) is 37.2 Å². The van der Waals surface area contributed by atoms with E-state index in [4.69, 9.17) is 4.74 Å². The van der Waals surface area contributed by atoms with Crippen LogP contribution < -0.4 is 5.32 Å². The van der Waals surface area contributed by atoms with Crippen molar-refractivity contribution in [2.45, 2.75) is 24.9 Å². The van der Waals surface area contributed by atoms with Crippen molar-refractivity contribution >= 4 is 12.2 Å². The Kier molecular flexibility index (Phi) is 3.74. The molecule has 1 fully saturated rings. The Hall–Kier alpha value is -1.81. The smallest absolute Gasteiger partial charge is 0.407 e. The van der Waals surface area contributed by atoms with E-state index in [-0.39, 0.29) is 18.2 Å². The molecule has 1 heterocycles. The van der Waals surface area contributed by atoms with E-state index in [0.29, 0.717) is 0 Å². The van der Waals surface area contributed by atoms with E-state index in [9.17, 15) is 4.79 Å². The molecule has 0 unspecified atom stereocenters. The molecular weight excluding hydrogens is 252 g/mol. The SMILES string of the molecule is COC(=O)N[C@H]1c2ccccc2C=C[C@@H]1N1CCCC1. The molecule has 1 N–H and O–H groups in total. The molecule has 0 bridgehead atoms. The third-order valence-corrected chi connectivity index (χ3v) is 4.17. The van der Waals surface area contributed by atoms with Gasteiger partial charge < -0.3 is 10.1 Å². The van der Waals surface area contributed by atoms with Crippen molar-refractivity contribution in [1.29, 1.82) is 0 Å². The third-order valence-electron chi connectivity index (χ3n) is 4.17. The lowest BCUT2D eigenvalue weighted by Crippen LogP contribution is -2.45. The molecule has 4 heteroatoms. The molecule has 2 atom stereocenters. The van der Waals surface area contributed by atoms with Crippen LogP contribution in [0.25, 0.3) is 6.08 Å². The summed E-state index contributed by atoms with van der Waals surface area (Å²) in [4.78, 5) is 14.1. The van der Waals surface area contributed by atoms with E-state index in [0.717, 1.165) is 18.7 Å². The van der Waals surface area contributed by atoms with Gasteiger partial charge in [0.25, 0.3) is 0 Å². The molecule has 1 aromatic carbocycles. The Bertz CT molecular complexity index is 521. The number of carbonyl (C=O) groups is 1. The molecule has 4 nitrogen and oxygen atoms in total. The van der Waals surface area contributed by atoms with E-state index in [2.05, 4.69) is 34.5 Å². The number of alkyl carbamates (subject to hydrolysis) is 1. The molecule has 1 aromatic rings. The number of rotatable bonds is 2. The highest BCUT2D eigenvalue weighted by Crippen LogP contribution is 2.32. The summed E-state index contributed by atoms with van der Waals surface area (Å²) in [6, 6.07) is 8.38. The number of nitrogens with zero attached hydrogens (tertiary/aromatic N) is 1. The van der Waals surface area contributed by atoms with Crippen LogP contribution in [0.3, 0.4) is 0 Å². The number of nitrogens with one attached hydrogen (secondary N) is 1. The molecular formula is C16H20N2O2. The van der Waals surface area contributed by atoms with E-state index in [1.54, 1.807) is 0 Å². The number of hydrogen-bond donors (Lipinski definition) is 1. The van der Waals surface area contributed by atoms with Gasteiger partial charge in [-0.1, -0.05) is 36.4 Å². The maximum absolute atomic E-state index is 11.7. The molecule has 3 rings (SSSR count). The number of carbonyl (C=O) groups excluding carboxylic acids is 1. The van der Waals surface area contributed by atoms with Gasteiger partial charge in [-0.25, -0.2) is 4.79 Å². The van der Waals surface area contributed by atoms with Crippen molar-refractivity contribution in [1.82, 2.24) is 10.2 Å². The first-order chi connectivity index (χ1) is 9.79. The van der Waals surface area contributed by atoms with Gasteiger partial charge in [-0.15, -0.1) is 0 Å². The molecule has 106 valence electrons. The Morgan fingerprint density at radius 2 is 2.05 bits per heavy atom. The molecule has 1 saturated heterocycles. The van der Waals surface area contributed by atoms with Gasteiger partial charge in [0.1, 0.15) is 0 Å². The zero-order chi connectivity index (χ0) is 13.9. The minimum atomic E-state index is -0.371. The van der Waals surface area contributed by atoms with Gasteiger partial charge in [0.05, 0.1) is 19.2 Å². The van der Waals surface area contributed by atoms with Gasteiger partial charge in [-0.2, -0.15) is 0 Å². The Morgan fingerprint density at radius 1 is 1.30 bits per heavy atom. The molecule has 2 aliphatic rings. The Morgan fingerprint density at radius 3 is 2.80 bits per heavy atom. The summed E-state index contributed by atoms with van der Waals surface area (Å²) >= 11 is 0. The van der Waals surface area contributed by atoms with Crippen molar-refractivity contribution in [2.75, 3.05) is 20.2 Å². The fourth-order valence-electron chi connectivity index (χ4n) is 3.16. The van der Waals surface area contributed by atoms with Crippen molar-refractivity contribution in [2.24, 2.45) is 0 Å². The van der Waals surface area contributed by atoms with Gasteiger partial charge in [0, 0.05) is 0 Å². The van der Waals surface area contributed by atoms with E-state index in [1.165, 1.54) is 25.5 Å². The first kappa shape index (κ1) is 13.2. The van der Waals surface area contributed by atoms with Gasteiger partial charge in [-0.3, -0.25) is 4.90 Å². The molecule has 1 aliphatic heterocycles. The highest BCUT2D eigenvalue weighted by atomic mass is 16.5. The lowest BCUT2D eigenvalue weighted by Gasteiger charge is -2.36. The number of methoxy groups -OCH3 is 1. The minimum absolute atomic E-state index is 0.0400. The second-order valence-corrected chi connectivity index (χ2v) is 5.34. The summed E-state index contributed by atoms with van der Waals surface area (Å²) in [5.74, 6) is 0. The van der Waals surface area contributed by atoms with Crippen LogP contribution in [0.5, 0.6) is 0 Å². The van der Waals surface area contributed by atoms with Crippen LogP contribution in [0.2, 0.25) is 0 Å². The summed E-state index contributed by atoms with van der Waals surface area (Å²) in [6.07, 6.45) is 6.46. The number of amides is 1. The van der Waals surface area contributed by atoms with Crippen molar-refractivity contribution in [3.8, 4) is 0 Å². The first-order valence-electron chi connectivity index (χ1n) is 7.15. The molecule has 0 saturated carbocycles. The van der Waals surface area contributed by atoms with E-state index < -0.39 is 0 Å². The lowest BCUT2D eigenvalue weighted by atomic mass is 9.88. The molecule has 0 radical (unpaired) electrons. The molecule has 1 amide bonds. The normalized spacial score (nSPS) is 25.2. The molecule has 1 aliphatic carbocycles. The summed E-state index contributed by atoms with van der Waals surface area (Å²) in [6.45, 7) is 2.19. The number of ether oxygens (including phenoxy) is 1. The number of fused-ring (bicyclic) bond motifs is 1. The summed E-state index contributed by atoms with van der Waals surface area (Å²) < 4.78 is 4.79. The van der Waals surface area contributed by atoms with E-state index in [1.807, 2.05) is 12.1 Å². The van der Waals surface area contributed by atoms with Crippen molar-refractivity contribution in [3.63, 3.8) is 0 Å². The number of benzene rings is 1. The zero-order valence-corrected chi connectivity index (χ0v) is 11.7. The highest BCUT2D eigenvalue weighted by Gasteiger charge is 2.33. The van der Waals surface area contributed by atoms with Crippen LogP contribution in [0.1, 0.15) is 30.0 Å². The quantitative estimate of drug-likeness (QED) is 0.899. The fraction of sp³-hybridized carbons (Fsp3) is 0.438. The maximum Gasteiger partial charge on any atom is 0.407 e. The summed E-state index contributed by atoms with van der Waals surface area (Å²) in [5, 5.41) is 3.00. The minimum Gasteiger partial charge on any atom is -0.453 e. The lowest BCUT2D eigenvalue weighted by molar-refractivity contribution is 0.155. The second kappa shape index (κ2) is 5.67. The zero-order valence-electron chi connectivity index (χ0n) is 11.7. The van der Waals surface area contributed by atoms with Crippen LogP contribution in [0, 0.1) is 0 Å². The Balaban J connectivity index is 1.92. The summed E-state index contributed by atoms with van der Waals surface area (Å²) in [5.41, 5.74) is 2.33. The van der Waals surface area contributed by atoms with Crippen LogP contribution in [0.4, 0.5) is 4.79 Å². The van der Waals surface area contributed by atoms with Gasteiger partial charge in [0.15, 0.2) is 0 Å². The molecule has 0 spiro atoms. The first-order valence-corrected chi connectivity index (χ1v) is 7.15. The van der Waals surface area contributed by atoms with Gasteiger partial charge in [-0.05, 0) is 37.1 Å². The average Bonchev–Trinajstić information content (AvgIpc) is 3.01. The number of hydrogen-bond acceptors (Lipinski definition) is 3. The third kappa shape index (κ3) is 2.43. The topological polar surface area (TPSA) is 41.6 Å². The highest BCUT2D eigenvalue weighted by molar-refractivity contribution is 5.69. The standard InChI is InChI=1S/C16H20N2O2/c1-20-16(19)17-15-13-7-3-2-6-12(13)8-9-14(15)18-10-4-5-11-18/h2-3,6-9,14-15H,4-5,10-11H2,1H3,(H,17,19)/t14-,15-/m0/s1.